The minimum atomic E-state index is -0.159. The molecule has 0 aliphatic carbocycles. The summed E-state index contributed by atoms with van der Waals surface area (Å²) in [5.41, 5.74) is 0.468. The summed E-state index contributed by atoms with van der Waals surface area (Å²) in [7, 11) is 3.12. The zero-order valence-corrected chi connectivity index (χ0v) is 18.0. The molecule has 3 rings (SSSR count). The number of ether oxygens (including phenoxy) is 2. The number of carbonyl (C=O) groups is 2. The van der Waals surface area contributed by atoms with Gasteiger partial charge in [0.05, 0.1) is 19.1 Å². The number of rotatable bonds is 5. The Kier molecular flexibility index (Phi) is 6.43. The Morgan fingerprint density at radius 3 is 2.25 bits per heavy atom. The van der Waals surface area contributed by atoms with Crippen LogP contribution in [0.15, 0.2) is 18.2 Å². The molecule has 2 saturated heterocycles. The second-order valence-corrected chi connectivity index (χ2v) is 9.22. The van der Waals surface area contributed by atoms with Gasteiger partial charge in [0.1, 0.15) is 17.1 Å². The van der Waals surface area contributed by atoms with Crippen molar-refractivity contribution in [3.05, 3.63) is 23.8 Å². The van der Waals surface area contributed by atoms with Gasteiger partial charge in [0.15, 0.2) is 0 Å². The fourth-order valence-corrected chi connectivity index (χ4v) is 5.59. The predicted molar refractivity (Wildman–Crippen MR) is 111 cm³/mol. The quantitative estimate of drug-likeness (QED) is 0.751. The van der Waals surface area contributed by atoms with Crippen molar-refractivity contribution in [1.29, 1.82) is 0 Å². The van der Waals surface area contributed by atoms with Gasteiger partial charge in [-0.05, 0) is 30.9 Å². The third-order valence-corrected chi connectivity index (χ3v) is 7.09. The summed E-state index contributed by atoms with van der Waals surface area (Å²) in [5, 5.41) is 0. The van der Waals surface area contributed by atoms with E-state index in [1.54, 1.807) is 26.4 Å². The Bertz CT molecular complexity index is 707. The van der Waals surface area contributed by atoms with E-state index in [0.717, 1.165) is 25.1 Å². The van der Waals surface area contributed by atoms with Crippen LogP contribution in [0.4, 0.5) is 0 Å². The topological polar surface area (TPSA) is 59.1 Å². The van der Waals surface area contributed by atoms with E-state index in [1.165, 1.54) is 0 Å². The molecule has 0 radical (unpaired) electrons. The molecular formula is C21H30N2O4S. The number of hydrogen-bond donors (Lipinski definition) is 0. The van der Waals surface area contributed by atoms with E-state index < -0.39 is 0 Å². The highest BCUT2D eigenvalue weighted by atomic mass is 32.2. The van der Waals surface area contributed by atoms with Gasteiger partial charge in [-0.25, -0.2) is 0 Å². The molecule has 154 valence electrons. The Morgan fingerprint density at radius 1 is 1.11 bits per heavy atom. The first kappa shape index (κ1) is 20.8. The first-order valence-electron chi connectivity index (χ1n) is 9.86. The van der Waals surface area contributed by atoms with Crippen molar-refractivity contribution < 1.29 is 19.1 Å². The summed E-state index contributed by atoms with van der Waals surface area (Å²) in [6.45, 7) is 6.22. The van der Waals surface area contributed by atoms with Gasteiger partial charge in [-0.1, -0.05) is 19.9 Å². The van der Waals surface area contributed by atoms with E-state index in [2.05, 4.69) is 18.7 Å². The largest absolute Gasteiger partial charge is 0.496 e. The number of likely N-dealkylation sites (tertiary alicyclic amines) is 1. The number of nitrogens with zero attached hydrogens (tertiary/aromatic N) is 2. The lowest BCUT2D eigenvalue weighted by molar-refractivity contribution is -0.135. The lowest BCUT2D eigenvalue weighted by Gasteiger charge is -2.44. The van der Waals surface area contributed by atoms with Crippen LogP contribution in [-0.4, -0.2) is 66.1 Å². The maximum Gasteiger partial charge on any atom is 0.261 e. The molecule has 0 N–H and O–H groups in total. The molecule has 0 aromatic heterocycles. The van der Waals surface area contributed by atoms with Gasteiger partial charge in [0.25, 0.3) is 5.91 Å². The van der Waals surface area contributed by atoms with Gasteiger partial charge in [-0.15, -0.1) is 11.8 Å². The Hall–Kier alpha value is -1.89. The maximum absolute atomic E-state index is 13.2. The zero-order chi connectivity index (χ0) is 20.3. The van der Waals surface area contributed by atoms with E-state index in [1.807, 2.05) is 22.7 Å². The van der Waals surface area contributed by atoms with E-state index in [0.29, 0.717) is 42.5 Å². The van der Waals surface area contributed by atoms with Gasteiger partial charge in [0, 0.05) is 31.8 Å². The minimum absolute atomic E-state index is 0.0767. The highest BCUT2D eigenvalue weighted by Gasteiger charge is 2.47. The fraction of sp³-hybridized carbons (Fsp3) is 0.619. The SMILES string of the molecule is COc1cccc(OC)c1C(=O)N1CCC2(CC1)SCCN2C(=O)CC(C)C. The van der Waals surface area contributed by atoms with Crippen LogP contribution in [0.3, 0.4) is 0 Å². The molecule has 0 bridgehead atoms. The maximum atomic E-state index is 13.2. The Labute approximate surface area is 171 Å². The monoisotopic (exact) mass is 406 g/mol. The van der Waals surface area contributed by atoms with Crippen LogP contribution in [0.25, 0.3) is 0 Å². The molecule has 6 nitrogen and oxygen atoms in total. The normalized spacial score (nSPS) is 18.6. The average Bonchev–Trinajstić information content (AvgIpc) is 3.10. The predicted octanol–water partition coefficient (Wildman–Crippen LogP) is 3.26. The van der Waals surface area contributed by atoms with Gasteiger partial charge in [0.2, 0.25) is 5.91 Å². The molecule has 2 heterocycles. The third kappa shape index (κ3) is 3.95. The Morgan fingerprint density at radius 2 is 1.71 bits per heavy atom. The molecule has 0 saturated carbocycles. The summed E-state index contributed by atoms with van der Waals surface area (Å²) in [6, 6.07) is 5.37. The van der Waals surface area contributed by atoms with Gasteiger partial charge >= 0.3 is 0 Å². The van der Waals surface area contributed by atoms with Gasteiger partial charge in [-0.3, -0.25) is 9.59 Å². The first-order valence-corrected chi connectivity index (χ1v) is 10.8. The van der Waals surface area contributed by atoms with Crippen molar-refractivity contribution in [2.75, 3.05) is 39.6 Å². The van der Waals surface area contributed by atoms with Crippen molar-refractivity contribution in [3.8, 4) is 11.5 Å². The smallest absolute Gasteiger partial charge is 0.261 e. The first-order chi connectivity index (χ1) is 13.4. The van der Waals surface area contributed by atoms with Crippen LogP contribution >= 0.6 is 11.8 Å². The lowest BCUT2D eigenvalue weighted by atomic mass is 9.99. The summed E-state index contributed by atoms with van der Waals surface area (Å²) in [4.78, 5) is 29.7. The molecular weight excluding hydrogens is 376 g/mol. The van der Waals surface area contributed by atoms with Crippen LogP contribution in [0, 0.1) is 5.92 Å². The molecule has 1 aromatic carbocycles. The summed E-state index contributed by atoms with van der Waals surface area (Å²) >= 11 is 1.87. The number of thioether (sulfide) groups is 1. The molecule has 28 heavy (non-hydrogen) atoms. The molecule has 2 aliphatic heterocycles. The molecule has 1 aromatic rings. The van der Waals surface area contributed by atoms with Crippen LogP contribution in [0.2, 0.25) is 0 Å². The van der Waals surface area contributed by atoms with Crippen LogP contribution in [0.5, 0.6) is 11.5 Å². The number of benzene rings is 1. The van der Waals surface area contributed by atoms with Crippen LogP contribution in [-0.2, 0) is 4.79 Å². The standard InChI is InChI=1S/C21H30N2O4S/c1-15(2)14-18(24)23-12-13-28-21(23)8-10-22(11-9-21)20(25)19-16(26-3)6-5-7-17(19)27-4/h5-7,15H,8-14H2,1-4H3. The minimum Gasteiger partial charge on any atom is -0.496 e. The van der Waals surface area contributed by atoms with Crippen molar-refractivity contribution in [3.63, 3.8) is 0 Å². The number of piperidine rings is 1. The number of methoxy groups -OCH3 is 2. The van der Waals surface area contributed by atoms with E-state index in [4.69, 9.17) is 9.47 Å². The second-order valence-electron chi connectivity index (χ2n) is 7.77. The van der Waals surface area contributed by atoms with Crippen molar-refractivity contribution in [1.82, 2.24) is 9.80 Å². The van der Waals surface area contributed by atoms with E-state index in [9.17, 15) is 9.59 Å². The van der Waals surface area contributed by atoms with E-state index in [-0.39, 0.29) is 16.7 Å². The molecule has 2 fully saturated rings. The van der Waals surface area contributed by atoms with E-state index >= 15 is 0 Å². The average molecular weight is 407 g/mol. The van der Waals surface area contributed by atoms with Gasteiger partial charge < -0.3 is 19.3 Å². The lowest BCUT2D eigenvalue weighted by Crippen LogP contribution is -2.53. The molecule has 2 amide bonds. The molecule has 0 unspecified atom stereocenters. The highest BCUT2D eigenvalue weighted by molar-refractivity contribution is 8.00. The molecule has 0 atom stereocenters. The summed E-state index contributed by atoms with van der Waals surface area (Å²) in [5.74, 6) is 2.54. The fourth-order valence-electron chi connectivity index (χ4n) is 4.11. The molecule has 7 heteroatoms. The zero-order valence-electron chi connectivity index (χ0n) is 17.2. The number of carbonyl (C=O) groups excluding carboxylic acids is 2. The second kappa shape index (κ2) is 8.64. The van der Waals surface area contributed by atoms with Gasteiger partial charge in [-0.2, -0.15) is 0 Å². The van der Waals surface area contributed by atoms with Crippen LogP contribution in [0.1, 0.15) is 43.5 Å². The summed E-state index contributed by atoms with van der Waals surface area (Å²) in [6.07, 6.45) is 2.18. The third-order valence-electron chi connectivity index (χ3n) is 5.54. The van der Waals surface area contributed by atoms with Crippen LogP contribution < -0.4 is 9.47 Å². The number of hydrogen-bond acceptors (Lipinski definition) is 5. The van der Waals surface area contributed by atoms with Crippen molar-refractivity contribution in [2.45, 2.75) is 38.0 Å². The number of amides is 2. The summed E-state index contributed by atoms with van der Waals surface area (Å²) < 4.78 is 10.8. The van der Waals surface area contributed by atoms with Crippen molar-refractivity contribution >= 4 is 23.6 Å². The molecule has 1 spiro atoms. The van der Waals surface area contributed by atoms with Crippen molar-refractivity contribution in [2.24, 2.45) is 5.92 Å². The molecule has 2 aliphatic rings. The Balaban J connectivity index is 1.74. The highest BCUT2D eigenvalue weighted by Crippen LogP contribution is 2.45.